The molecule has 0 bridgehead atoms. The number of nitrogens with zero attached hydrogens (tertiary/aromatic N) is 4. The first kappa shape index (κ1) is 19.7. The Balaban J connectivity index is 1.34. The average molecular weight is 434 g/mol. The molecule has 28 heavy (non-hydrogen) atoms. The Bertz CT molecular complexity index is 915. The third kappa shape index (κ3) is 4.69. The van der Waals surface area contributed by atoms with Crippen LogP contribution in [0.5, 0.6) is 0 Å². The lowest BCUT2D eigenvalue weighted by molar-refractivity contribution is -0.119. The number of rotatable bonds is 8. The second-order valence-corrected chi connectivity index (χ2v) is 9.91. The number of carbonyl (C=O) groups excluding carboxylic acids is 1. The molecule has 0 atom stereocenters. The predicted molar refractivity (Wildman–Crippen MR) is 116 cm³/mol. The van der Waals surface area contributed by atoms with Crippen LogP contribution < -0.4 is 5.32 Å². The molecule has 0 radical (unpaired) electrons. The van der Waals surface area contributed by atoms with Crippen molar-refractivity contribution < 1.29 is 4.79 Å². The molecule has 6 nitrogen and oxygen atoms in total. The highest BCUT2D eigenvalue weighted by Gasteiger charge is 2.18. The molecule has 1 N–H and O–H groups in total. The van der Waals surface area contributed by atoms with Crippen molar-refractivity contribution >= 4 is 51.0 Å². The normalized spacial score (nSPS) is 14.8. The standard InChI is InChI=1S/C19H23N5OS3/c1-2-24-16(11-27-19-21-14-9-5-6-10-15(14)28-19)22-23-18(24)26-12-17(25)20-13-7-3-4-8-13/h5-6,9-10,13H,2-4,7-8,11-12H2,1H3,(H,20,25). The van der Waals surface area contributed by atoms with Gasteiger partial charge in [-0.1, -0.05) is 48.5 Å². The van der Waals surface area contributed by atoms with Crippen LogP contribution in [0.15, 0.2) is 33.8 Å². The number of thiazole rings is 1. The molecule has 0 aliphatic heterocycles. The minimum atomic E-state index is 0.0907. The molecule has 1 amide bonds. The van der Waals surface area contributed by atoms with E-state index in [2.05, 4.69) is 38.1 Å². The summed E-state index contributed by atoms with van der Waals surface area (Å²) in [5.41, 5.74) is 1.04. The van der Waals surface area contributed by atoms with Crippen molar-refractivity contribution in [2.24, 2.45) is 0 Å². The molecular formula is C19H23N5OS3. The van der Waals surface area contributed by atoms with E-state index in [4.69, 9.17) is 0 Å². The molecule has 0 saturated heterocycles. The van der Waals surface area contributed by atoms with Gasteiger partial charge < -0.3 is 9.88 Å². The molecule has 2 aromatic heterocycles. The number of para-hydroxylation sites is 1. The summed E-state index contributed by atoms with van der Waals surface area (Å²) < 4.78 is 4.33. The van der Waals surface area contributed by atoms with E-state index in [1.807, 2.05) is 18.2 Å². The molecule has 0 unspecified atom stereocenters. The van der Waals surface area contributed by atoms with Crippen LogP contribution in [0.25, 0.3) is 10.2 Å². The molecule has 1 aromatic carbocycles. The monoisotopic (exact) mass is 433 g/mol. The van der Waals surface area contributed by atoms with Crippen LogP contribution in [-0.4, -0.2) is 37.5 Å². The number of amides is 1. The fraction of sp³-hybridized carbons (Fsp3) is 0.474. The lowest BCUT2D eigenvalue weighted by Gasteiger charge is -2.11. The molecule has 1 aliphatic rings. The summed E-state index contributed by atoms with van der Waals surface area (Å²) in [6.45, 7) is 2.87. The Morgan fingerprint density at radius 2 is 2.07 bits per heavy atom. The van der Waals surface area contributed by atoms with Crippen LogP contribution in [-0.2, 0) is 17.1 Å². The summed E-state index contributed by atoms with van der Waals surface area (Å²) in [5.74, 6) is 2.12. The highest BCUT2D eigenvalue weighted by molar-refractivity contribution is 8.00. The number of thioether (sulfide) groups is 2. The first-order valence-electron chi connectivity index (χ1n) is 9.55. The van der Waals surface area contributed by atoms with Gasteiger partial charge >= 0.3 is 0 Å². The Hall–Kier alpha value is -1.58. The zero-order valence-electron chi connectivity index (χ0n) is 15.8. The summed E-state index contributed by atoms with van der Waals surface area (Å²) in [4.78, 5) is 16.8. The maximum Gasteiger partial charge on any atom is 0.230 e. The Kier molecular flexibility index (Phi) is 6.54. The number of nitrogens with one attached hydrogen (secondary N) is 1. The van der Waals surface area contributed by atoms with Gasteiger partial charge in [-0.15, -0.1) is 21.5 Å². The van der Waals surface area contributed by atoms with Crippen molar-refractivity contribution in [2.45, 2.75) is 60.4 Å². The van der Waals surface area contributed by atoms with E-state index in [1.165, 1.54) is 29.3 Å². The SMILES string of the molecule is CCn1c(CSc2nc3ccccc3s2)nnc1SCC(=O)NC1CCCC1. The van der Waals surface area contributed by atoms with E-state index >= 15 is 0 Å². The van der Waals surface area contributed by atoms with Crippen molar-refractivity contribution in [2.75, 3.05) is 5.75 Å². The number of hydrogen-bond donors (Lipinski definition) is 1. The van der Waals surface area contributed by atoms with Gasteiger partial charge in [0.1, 0.15) is 5.82 Å². The smallest absolute Gasteiger partial charge is 0.230 e. The van der Waals surface area contributed by atoms with Crippen LogP contribution in [0.1, 0.15) is 38.4 Å². The van der Waals surface area contributed by atoms with E-state index in [0.717, 1.165) is 46.0 Å². The van der Waals surface area contributed by atoms with Gasteiger partial charge in [0.15, 0.2) is 9.50 Å². The summed E-state index contributed by atoms with van der Waals surface area (Å²) in [6, 6.07) is 8.54. The minimum Gasteiger partial charge on any atom is -0.353 e. The minimum absolute atomic E-state index is 0.0907. The van der Waals surface area contributed by atoms with Crippen LogP contribution in [0.2, 0.25) is 0 Å². The van der Waals surface area contributed by atoms with Gasteiger partial charge in [0, 0.05) is 12.6 Å². The fourth-order valence-corrected chi connectivity index (χ4v) is 6.20. The predicted octanol–water partition coefficient (Wildman–Crippen LogP) is 4.35. The molecule has 9 heteroatoms. The third-order valence-corrected chi connectivity index (χ3v) is 7.90. The van der Waals surface area contributed by atoms with Crippen molar-refractivity contribution in [1.29, 1.82) is 0 Å². The summed E-state index contributed by atoms with van der Waals surface area (Å²) in [5, 5.41) is 12.6. The van der Waals surface area contributed by atoms with Crippen LogP contribution in [0.4, 0.5) is 0 Å². The number of fused-ring (bicyclic) bond motifs is 1. The summed E-state index contributed by atoms with van der Waals surface area (Å²) >= 11 is 4.85. The van der Waals surface area contributed by atoms with Crippen molar-refractivity contribution in [3.63, 3.8) is 0 Å². The summed E-state index contributed by atoms with van der Waals surface area (Å²) in [6.07, 6.45) is 4.65. The Morgan fingerprint density at radius 3 is 2.86 bits per heavy atom. The van der Waals surface area contributed by atoms with Gasteiger partial charge in [0.25, 0.3) is 0 Å². The highest BCUT2D eigenvalue weighted by Crippen LogP contribution is 2.31. The fourth-order valence-electron chi connectivity index (χ4n) is 3.36. The van der Waals surface area contributed by atoms with Gasteiger partial charge in [-0.05, 0) is 31.9 Å². The number of hydrogen-bond acceptors (Lipinski definition) is 7. The van der Waals surface area contributed by atoms with E-state index in [9.17, 15) is 4.79 Å². The van der Waals surface area contributed by atoms with Crippen LogP contribution in [0, 0.1) is 0 Å². The van der Waals surface area contributed by atoms with E-state index in [-0.39, 0.29) is 5.91 Å². The largest absolute Gasteiger partial charge is 0.353 e. The molecule has 1 aliphatic carbocycles. The van der Waals surface area contributed by atoms with Gasteiger partial charge in [-0.25, -0.2) is 4.98 Å². The van der Waals surface area contributed by atoms with Crippen molar-refractivity contribution in [1.82, 2.24) is 25.1 Å². The lowest BCUT2D eigenvalue weighted by Crippen LogP contribution is -2.33. The van der Waals surface area contributed by atoms with Crippen LogP contribution in [0.3, 0.4) is 0 Å². The first-order valence-corrected chi connectivity index (χ1v) is 12.3. The van der Waals surface area contributed by atoms with Gasteiger partial charge in [-0.2, -0.15) is 0 Å². The maximum absolute atomic E-state index is 12.2. The summed E-state index contributed by atoms with van der Waals surface area (Å²) in [7, 11) is 0. The van der Waals surface area contributed by atoms with Gasteiger partial charge in [-0.3, -0.25) is 4.79 Å². The van der Waals surface area contributed by atoms with Crippen LogP contribution >= 0.6 is 34.9 Å². The number of carbonyl (C=O) groups is 1. The number of aromatic nitrogens is 4. The second-order valence-electron chi connectivity index (χ2n) is 6.72. The molecule has 4 rings (SSSR count). The second kappa shape index (κ2) is 9.28. The number of benzene rings is 1. The lowest BCUT2D eigenvalue weighted by atomic mass is 10.2. The zero-order valence-corrected chi connectivity index (χ0v) is 18.2. The van der Waals surface area contributed by atoms with E-state index in [1.54, 1.807) is 23.1 Å². The molecule has 3 aromatic rings. The Morgan fingerprint density at radius 1 is 1.25 bits per heavy atom. The zero-order chi connectivity index (χ0) is 19.3. The topological polar surface area (TPSA) is 72.7 Å². The Labute approximate surface area is 176 Å². The van der Waals surface area contributed by atoms with Gasteiger partial charge in [0.2, 0.25) is 5.91 Å². The van der Waals surface area contributed by atoms with Crippen molar-refractivity contribution in [3.8, 4) is 0 Å². The van der Waals surface area contributed by atoms with Gasteiger partial charge in [0.05, 0.1) is 21.7 Å². The molecule has 148 valence electrons. The highest BCUT2D eigenvalue weighted by atomic mass is 32.2. The van der Waals surface area contributed by atoms with Crippen molar-refractivity contribution in [3.05, 3.63) is 30.1 Å². The molecule has 0 spiro atoms. The van der Waals surface area contributed by atoms with E-state index in [0.29, 0.717) is 11.8 Å². The average Bonchev–Trinajstić information content (AvgIpc) is 3.43. The quantitative estimate of drug-likeness (QED) is 0.533. The molecule has 1 fully saturated rings. The first-order chi connectivity index (χ1) is 13.7. The molecular weight excluding hydrogens is 410 g/mol. The molecule has 2 heterocycles. The van der Waals surface area contributed by atoms with E-state index < -0.39 is 0 Å². The maximum atomic E-state index is 12.2. The third-order valence-electron chi connectivity index (χ3n) is 4.76. The molecule has 1 saturated carbocycles.